The van der Waals surface area contributed by atoms with Crippen LogP contribution in [0.15, 0.2) is 18.5 Å². The number of hydrogen-bond donors (Lipinski definition) is 0. The minimum Gasteiger partial charge on any atom is -0.264 e. The molecule has 1 nitrogen and oxygen atoms in total. The molecule has 15 heavy (non-hydrogen) atoms. The lowest BCUT2D eigenvalue weighted by Gasteiger charge is -2.15. The van der Waals surface area contributed by atoms with E-state index in [1.807, 2.05) is 0 Å². The van der Waals surface area contributed by atoms with Gasteiger partial charge >= 0.3 is 6.18 Å². The molecule has 1 fully saturated rings. The van der Waals surface area contributed by atoms with E-state index >= 15 is 0 Å². The summed E-state index contributed by atoms with van der Waals surface area (Å²) in [6, 6.07) is 0.979. The maximum absolute atomic E-state index is 12.6. The van der Waals surface area contributed by atoms with Crippen molar-refractivity contribution >= 4 is 0 Å². The maximum atomic E-state index is 12.6. The second kappa shape index (κ2) is 2.99. The number of halogens is 3. The molecule has 0 amide bonds. The van der Waals surface area contributed by atoms with Crippen LogP contribution in [0.1, 0.15) is 24.0 Å². The highest BCUT2D eigenvalue weighted by molar-refractivity contribution is 5.45. The van der Waals surface area contributed by atoms with Gasteiger partial charge in [-0.2, -0.15) is 13.2 Å². The minimum atomic E-state index is -4.36. The number of terminal acetylenes is 1. The molecule has 1 aliphatic rings. The molecular formula is C11H8F3N. The number of aromatic nitrogens is 1. The SMILES string of the molecule is C#CC1(c2cnccc2C(F)(F)F)CC1. The summed E-state index contributed by atoms with van der Waals surface area (Å²) in [5.41, 5.74) is -1.24. The Morgan fingerprint density at radius 3 is 2.53 bits per heavy atom. The van der Waals surface area contributed by atoms with E-state index in [4.69, 9.17) is 6.42 Å². The molecular weight excluding hydrogens is 203 g/mol. The predicted octanol–water partition coefficient (Wildman–Crippen LogP) is 2.77. The average molecular weight is 211 g/mol. The van der Waals surface area contributed by atoms with Crippen molar-refractivity contribution in [1.82, 2.24) is 4.98 Å². The van der Waals surface area contributed by atoms with Crippen molar-refractivity contribution in [2.75, 3.05) is 0 Å². The molecule has 0 atom stereocenters. The first-order valence-corrected chi connectivity index (χ1v) is 4.49. The van der Waals surface area contributed by atoms with Crippen molar-refractivity contribution in [1.29, 1.82) is 0 Å². The Morgan fingerprint density at radius 1 is 1.40 bits per heavy atom. The van der Waals surface area contributed by atoms with Crippen LogP contribution >= 0.6 is 0 Å². The zero-order valence-electron chi connectivity index (χ0n) is 7.80. The van der Waals surface area contributed by atoms with Crippen LogP contribution < -0.4 is 0 Å². The van der Waals surface area contributed by atoms with Crippen molar-refractivity contribution in [3.63, 3.8) is 0 Å². The van der Waals surface area contributed by atoms with Crippen molar-refractivity contribution in [3.05, 3.63) is 29.6 Å². The predicted molar refractivity (Wildman–Crippen MR) is 49.0 cm³/mol. The molecule has 78 valence electrons. The number of pyridine rings is 1. The van der Waals surface area contributed by atoms with Crippen molar-refractivity contribution in [3.8, 4) is 12.3 Å². The van der Waals surface area contributed by atoms with Crippen LogP contribution in [0.3, 0.4) is 0 Å². The van der Waals surface area contributed by atoms with Gasteiger partial charge in [-0.3, -0.25) is 4.98 Å². The molecule has 0 spiro atoms. The van der Waals surface area contributed by atoms with E-state index in [0.717, 1.165) is 12.3 Å². The van der Waals surface area contributed by atoms with Gasteiger partial charge in [0.25, 0.3) is 0 Å². The van der Waals surface area contributed by atoms with Gasteiger partial charge < -0.3 is 0 Å². The van der Waals surface area contributed by atoms with Crippen LogP contribution in [0.25, 0.3) is 0 Å². The van der Waals surface area contributed by atoms with Gasteiger partial charge in [0.15, 0.2) is 0 Å². The molecule has 1 aromatic heterocycles. The van der Waals surface area contributed by atoms with Gasteiger partial charge in [-0.25, -0.2) is 0 Å². The largest absolute Gasteiger partial charge is 0.416 e. The maximum Gasteiger partial charge on any atom is 0.416 e. The Balaban J connectivity index is 2.54. The monoisotopic (exact) mass is 211 g/mol. The molecule has 1 aliphatic carbocycles. The molecule has 0 saturated heterocycles. The third kappa shape index (κ3) is 1.58. The smallest absolute Gasteiger partial charge is 0.264 e. The molecule has 0 unspecified atom stereocenters. The highest BCUT2D eigenvalue weighted by atomic mass is 19.4. The summed E-state index contributed by atoms with van der Waals surface area (Å²) >= 11 is 0. The fourth-order valence-corrected chi connectivity index (χ4v) is 1.64. The van der Waals surface area contributed by atoms with Crippen LogP contribution in [-0.4, -0.2) is 4.98 Å². The third-order valence-corrected chi connectivity index (χ3v) is 2.67. The van der Waals surface area contributed by atoms with E-state index in [0.29, 0.717) is 12.8 Å². The lowest BCUT2D eigenvalue weighted by molar-refractivity contribution is -0.138. The van der Waals surface area contributed by atoms with Gasteiger partial charge in [-0.05, 0) is 18.9 Å². The summed E-state index contributed by atoms with van der Waals surface area (Å²) in [4.78, 5) is 3.72. The quantitative estimate of drug-likeness (QED) is 0.651. The molecule has 0 radical (unpaired) electrons. The lowest BCUT2D eigenvalue weighted by atomic mass is 9.94. The Hall–Kier alpha value is -1.50. The molecule has 1 heterocycles. The number of rotatable bonds is 1. The minimum absolute atomic E-state index is 0.139. The van der Waals surface area contributed by atoms with Gasteiger partial charge in [-0.15, -0.1) is 6.42 Å². The van der Waals surface area contributed by atoms with E-state index in [2.05, 4.69) is 10.9 Å². The summed E-state index contributed by atoms with van der Waals surface area (Å²) < 4.78 is 37.9. The van der Waals surface area contributed by atoms with Crippen LogP contribution in [0.2, 0.25) is 0 Å². The zero-order valence-corrected chi connectivity index (χ0v) is 7.80. The van der Waals surface area contributed by atoms with Crippen LogP contribution in [-0.2, 0) is 11.6 Å². The van der Waals surface area contributed by atoms with E-state index in [9.17, 15) is 13.2 Å². The van der Waals surface area contributed by atoms with Crippen molar-refractivity contribution < 1.29 is 13.2 Å². The van der Waals surface area contributed by atoms with Crippen LogP contribution in [0, 0.1) is 12.3 Å². The zero-order chi connectivity index (χ0) is 11.1. The number of nitrogens with zero attached hydrogens (tertiary/aromatic N) is 1. The van der Waals surface area contributed by atoms with Gasteiger partial charge in [0.2, 0.25) is 0 Å². The fourth-order valence-electron chi connectivity index (χ4n) is 1.64. The number of hydrogen-bond acceptors (Lipinski definition) is 1. The molecule has 0 aliphatic heterocycles. The molecule has 0 N–H and O–H groups in total. The van der Waals surface area contributed by atoms with Gasteiger partial charge in [0.1, 0.15) is 0 Å². The molecule has 1 aromatic rings. The normalized spacial score (nSPS) is 18.3. The Bertz CT molecular complexity index is 424. The van der Waals surface area contributed by atoms with Gasteiger partial charge in [-0.1, -0.05) is 5.92 Å². The lowest BCUT2D eigenvalue weighted by Crippen LogP contribution is -2.15. The van der Waals surface area contributed by atoms with E-state index < -0.39 is 17.2 Å². The first-order valence-electron chi connectivity index (χ1n) is 4.49. The summed E-state index contributed by atoms with van der Waals surface area (Å²) in [5, 5.41) is 0. The Morgan fingerprint density at radius 2 is 2.07 bits per heavy atom. The topological polar surface area (TPSA) is 12.9 Å². The average Bonchev–Trinajstić information content (AvgIpc) is 2.97. The van der Waals surface area contributed by atoms with Gasteiger partial charge in [0, 0.05) is 18.0 Å². The highest BCUT2D eigenvalue weighted by Gasteiger charge is 2.48. The van der Waals surface area contributed by atoms with Crippen molar-refractivity contribution in [2.45, 2.75) is 24.4 Å². The van der Waals surface area contributed by atoms with E-state index in [1.165, 1.54) is 6.20 Å². The van der Waals surface area contributed by atoms with E-state index in [1.54, 1.807) is 0 Å². The fraction of sp³-hybridized carbons (Fsp3) is 0.364. The first kappa shape index (κ1) is 10.0. The second-order valence-corrected chi connectivity index (χ2v) is 3.65. The van der Waals surface area contributed by atoms with E-state index in [-0.39, 0.29) is 5.56 Å². The summed E-state index contributed by atoms with van der Waals surface area (Å²) in [7, 11) is 0. The molecule has 0 bridgehead atoms. The highest BCUT2D eigenvalue weighted by Crippen LogP contribution is 2.50. The summed E-state index contributed by atoms with van der Waals surface area (Å²) in [6.07, 6.45) is 4.50. The molecule has 4 heteroatoms. The molecule has 1 saturated carbocycles. The Labute approximate surface area is 85.3 Å². The van der Waals surface area contributed by atoms with Crippen LogP contribution in [0.5, 0.6) is 0 Å². The molecule has 2 rings (SSSR count). The number of alkyl halides is 3. The summed E-state index contributed by atoms with van der Waals surface area (Å²) in [5.74, 6) is 2.44. The van der Waals surface area contributed by atoms with Crippen LogP contribution in [0.4, 0.5) is 13.2 Å². The summed E-state index contributed by atoms with van der Waals surface area (Å²) in [6.45, 7) is 0. The van der Waals surface area contributed by atoms with Crippen molar-refractivity contribution in [2.24, 2.45) is 0 Å². The first-order chi connectivity index (χ1) is 6.99. The molecule has 0 aromatic carbocycles. The standard InChI is InChI=1S/C11H8F3N/c1-2-10(4-5-10)9-7-15-6-3-8(9)11(12,13)14/h1,3,6-7H,4-5H2. The second-order valence-electron chi connectivity index (χ2n) is 3.65. The Kier molecular flexibility index (Phi) is 2.00. The third-order valence-electron chi connectivity index (χ3n) is 2.67. The van der Waals surface area contributed by atoms with Gasteiger partial charge in [0.05, 0.1) is 11.0 Å².